The Bertz CT molecular complexity index is 941. The van der Waals surface area contributed by atoms with Crippen molar-refractivity contribution in [2.45, 2.75) is 20.3 Å². The molecule has 0 aliphatic heterocycles. The van der Waals surface area contributed by atoms with Crippen molar-refractivity contribution in [2.75, 3.05) is 19.8 Å². The van der Waals surface area contributed by atoms with Crippen molar-refractivity contribution in [3.63, 3.8) is 0 Å². The predicted octanol–water partition coefficient (Wildman–Crippen LogP) is 4.07. The van der Waals surface area contributed by atoms with Crippen LogP contribution in [0.25, 0.3) is 16.9 Å². The molecule has 0 spiro atoms. The fourth-order valence-electron chi connectivity index (χ4n) is 2.98. The Kier molecular flexibility index (Phi) is 6.39. The number of ether oxygens (including phenoxy) is 1. The highest BCUT2D eigenvalue weighted by molar-refractivity contribution is 6.03. The Morgan fingerprint density at radius 2 is 1.74 bits per heavy atom. The highest BCUT2D eigenvalue weighted by atomic mass is 16.5. The third-order valence-electron chi connectivity index (χ3n) is 4.33. The smallest absolute Gasteiger partial charge is 0.280 e. The van der Waals surface area contributed by atoms with Gasteiger partial charge in [-0.15, -0.1) is 0 Å². The molecule has 0 saturated heterocycles. The van der Waals surface area contributed by atoms with Crippen molar-refractivity contribution in [3.8, 4) is 16.9 Å². The number of hydrogen-bond acceptors (Lipinski definition) is 3. The lowest BCUT2D eigenvalue weighted by molar-refractivity contribution is 0.146. The van der Waals surface area contributed by atoms with E-state index in [-0.39, 0.29) is 5.56 Å². The first-order valence-electron chi connectivity index (χ1n) is 9.27. The highest BCUT2D eigenvalue weighted by Gasteiger charge is 2.18. The largest absolute Gasteiger partial charge is 0.382 e. The van der Waals surface area contributed by atoms with Crippen LogP contribution in [-0.2, 0) is 4.74 Å². The minimum Gasteiger partial charge on any atom is -0.382 e. The molecule has 27 heavy (non-hydrogen) atoms. The number of aromatic nitrogens is 2. The van der Waals surface area contributed by atoms with E-state index in [9.17, 15) is 4.79 Å². The summed E-state index contributed by atoms with van der Waals surface area (Å²) in [7, 11) is 0. The average Bonchev–Trinajstić information content (AvgIpc) is 3.06. The summed E-state index contributed by atoms with van der Waals surface area (Å²) in [5.41, 5.74) is 3.81. The van der Waals surface area contributed by atoms with Gasteiger partial charge in [-0.05, 0) is 32.4 Å². The van der Waals surface area contributed by atoms with Gasteiger partial charge in [-0.1, -0.05) is 48.5 Å². The molecule has 0 aliphatic rings. The maximum atomic E-state index is 13.2. The van der Waals surface area contributed by atoms with E-state index < -0.39 is 0 Å². The summed E-state index contributed by atoms with van der Waals surface area (Å²) in [5.74, 6) is 0. The molecule has 0 aliphatic carbocycles. The molecule has 0 saturated carbocycles. The van der Waals surface area contributed by atoms with E-state index in [2.05, 4.69) is 10.1 Å². The van der Waals surface area contributed by atoms with Crippen LogP contribution in [0.15, 0.2) is 70.5 Å². The molecular weight excluding hydrogens is 338 g/mol. The van der Waals surface area contributed by atoms with Gasteiger partial charge in [0.2, 0.25) is 0 Å². The van der Waals surface area contributed by atoms with Gasteiger partial charge in [-0.3, -0.25) is 14.9 Å². The van der Waals surface area contributed by atoms with Crippen LogP contribution in [0.3, 0.4) is 0 Å². The number of H-pyrrole nitrogens is 1. The van der Waals surface area contributed by atoms with Gasteiger partial charge in [0.05, 0.1) is 16.9 Å². The van der Waals surface area contributed by atoms with E-state index in [4.69, 9.17) is 4.74 Å². The lowest BCUT2D eigenvalue weighted by Crippen LogP contribution is -2.19. The fraction of sp³-hybridized carbons (Fsp3) is 0.273. The van der Waals surface area contributed by atoms with Gasteiger partial charge in [0.15, 0.2) is 0 Å². The Morgan fingerprint density at radius 3 is 2.41 bits per heavy atom. The van der Waals surface area contributed by atoms with Crippen LogP contribution in [0.2, 0.25) is 0 Å². The SMILES string of the molecule is CCOCCCN=C(C)c1c(-c2ccccc2)[nH]n(-c2ccccc2)c1=O. The van der Waals surface area contributed by atoms with Crippen molar-refractivity contribution in [3.05, 3.63) is 76.6 Å². The summed E-state index contributed by atoms with van der Waals surface area (Å²) in [6, 6.07) is 19.5. The van der Waals surface area contributed by atoms with Crippen LogP contribution in [-0.4, -0.2) is 35.3 Å². The molecule has 5 heteroatoms. The average molecular weight is 363 g/mol. The van der Waals surface area contributed by atoms with Gasteiger partial charge < -0.3 is 4.74 Å². The monoisotopic (exact) mass is 363 g/mol. The second-order valence-electron chi connectivity index (χ2n) is 6.22. The zero-order valence-corrected chi connectivity index (χ0v) is 15.8. The molecule has 3 rings (SSSR count). The van der Waals surface area contributed by atoms with Crippen molar-refractivity contribution >= 4 is 5.71 Å². The molecule has 0 bridgehead atoms. The summed E-state index contributed by atoms with van der Waals surface area (Å²) >= 11 is 0. The van der Waals surface area contributed by atoms with Gasteiger partial charge in [0, 0.05) is 31.0 Å². The van der Waals surface area contributed by atoms with Crippen molar-refractivity contribution in [1.82, 2.24) is 9.78 Å². The Morgan fingerprint density at radius 1 is 1.07 bits per heavy atom. The van der Waals surface area contributed by atoms with Crippen LogP contribution >= 0.6 is 0 Å². The molecule has 0 amide bonds. The summed E-state index contributed by atoms with van der Waals surface area (Å²) in [6.07, 6.45) is 0.836. The topological polar surface area (TPSA) is 59.4 Å². The molecule has 0 fully saturated rings. The molecule has 140 valence electrons. The summed E-state index contributed by atoms with van der Waals surface area (Å²) < 4.78 is 6.94. The van der Waals surface area contributed by atoms with Crippen LogP contribution in [0.5, 0.6) is 0 Å². The Balaban J connectivity index is 2.02. The maximum absolute atomic E-state index is 13.2. The lowest BCUT2D eigenvalue weighted by Gasteiger charge is -2.03. The lowest BCUT2D eigenvalue weighted by atomic mass is 10.1. The first-order chi connectivity index (χ1) is 13.2. The van der Waals surface area contributed by atoms with Crippen molar-refractivity contribution < 1.29 is 4.74 Å². The molecule has 0 atom stereocenters. The maximum Gasteiger partial charge on any atom is 0.280 e. The summed E-state index contributed by atoms with van der Waals surface area (Å²) in [6.45, 7) is 5.90. The van der Waals surface area contributed by atoms with Crippen LogP contribution in [0.1, 0.15) is 25.8 Å². The molecule has 1 N–H and O–H groups in total. The van der Waals surface area contributed by atoms with Crippen LogP contribution < -0.4 is 5.56 Å². The minimum absolute atomic E-state index is 0.0916. The van der Waals surface area contributed by atoms with E-state index in [0.717, 1.165) is 29.1 Å². The van der Waals surface area contributed by atoms with E-state index in [1.807, 2.05) is 74.5 Å². The first-order valence-corrected chi connectivity index (χ1v) is 9.27. The number of aliphatic imine (C=N–C) groups is 1. The Hall–Kier alpha value is -2.92. The summed E-state index contributed by atoms with van der Waals surface area (Å²) in [4.78, 5) is 17.8. The number of aromatic amines is 1. The number of para-hydroxylation sites is 1. The van der Waals surface area contributed by atoms with Crippen LogP contribution in [0.4, 0.5) is 0 Å². The number of benzene rings is 2. The zero-order chi connectivity index (χ0) is 19.1. The normalized spacial score (nSPS) is 11.7. The fourth-order valence-corrected chi connectivity index (χ4v) is 2.98. The molecule has 0 radical (unpaired) electrons. The molecule has 2 aromatic carbocycles. The Labute approximate surface area is 159 Å². The second kappa shape index (κ2) is 9.14. The van der Waals surface area contributed by atoms with E-state index in [0.29, 0.717) is 25.3 Å². The molecular formula is C22H25N3O2. The van der Waals surface area contributed by atoms with Gasteiger partial charge in [-0.25, -0.2) is 4.68 Å². The molecule has 3 aromatic rings. The van der Waals surface area contributed by atoms with Gasteiger partial charge in [0.1, 0.15) is 0 Å². The number of rotatable bonds is 8. The minimum atomic E-state index is -0.0916. The molecule has 1 heterocycles. The van der Waals surface area contributed by atoms with Crippen molar-refractivity contribution in [1.29, 1.82) is 0 Å². The van der Waals surface area contributed by atoms with E-state index in [1.54, 1.807) is 4.68 Å². The van der Waals surface area contributed by atoms with Crippen molar-refractivity contribution in [2.24, 2.45) is 4.99 Å². The third-order valence-corrected chi connectivity index (χ3v) is 4.33. The zero-order valence-electron chi connectivity index (χ0n) is 15.8. The molecule has 1 aromatic heterocycles. The highest BCUT2D eigenvalue weighted by Crippen LogP contribution is 2.21. The number of nitrogens with one attached hydrogen (secondary N) is 1. The quantitative estimate of drug-likeness (QED) is 0.484. The molecule has 5 nitrogen and oxygen atoms in total. The summed E-state index contributed by atoms with van der Waals surface area (Å²) in [5, 5.41) is 3.27. The van der Waals surface area contributed by atoms with E-state index in [1.165, 1.54) is 0 Å². The molecule has 0 unspecified atom stereocenters. The van der Waals surface area contributed by atoms with Crippen LogP contribution in [0, 0.1) is 0 Å². The standard InChI is InChI=1S/C22H25N3O2/c1-3-27-16-10-15-23-17(2)20-21(18-11-6-4-7-12-18)24-25(22(20)26)19-13-8-5-9-14-19/h4-9,11-14,24H,3,10,15-16H2,1-2H3. The predicted molar refractivity (Wildman–Crippen MR) is 110 cm³/mol. The second-order valence-corrected chi connectivity index (χ2v) is 6.22. The number of hydrogen-bond donors (Lipinski definition) is 1. The third kappa shape index (κ3) is 4.44. The first kappa shape index (κ1) is 18.9. The van der Waals surface area contributed by atoms with Gasteiger partial charge >= 0.3 is 0 Å². The van der Waals surface area contributed by atoms with Gasteiger partial charge in [-0.2, -0.15) is 0 Å². The number of nitrogens with zero attached hydrogens (tertiary/aromatic N) is 2. The van der Waals surface area contributed by atoms with Gasteiger partial charge in [0.25, 0.3) is 5.56 Å². The van der Waals surface area contributed by atoms with E-state index >= 15 is 0 Å².